The minimum atomic E-state index is -0.304. The Labute approximate surface area is 113 Å². The molecular weight excluding hydrogens is 260 g/mol. The summed E-state index contributed by atoms with van der Waals surface area (Å²) in [5.74, 6) is -0.609. The molecule has 0 rings (SSSR count). The molecule has 0 aromatic rings. The van der Waals surface area contributed by atoms with E-state index in [-0.39, 0.29) is 35.3 Å². The third-order valence-corrected chi connectivity index (χ3v) is 2.03. The van der Waals surface area contributed by atoms with Crippen LogP contribution >= 0.6 is 25.3 Å². The van der Waals surface area contributed by atoms with Gasteiger partial charge in [-0.3, -0.25) is 9.59 Å². The lowest BCUT2D eigenvalue weighted by molar-refractivity contribution is -0.145. The molecule has 4 nitrogen and oxygen atoms in total. The van der Waals surface area contributed by atoms with Crippen LogP contribution in [0.4, 0.5) is 0 Å². The van der Waals surface area contributed by atoms with E-state index in [0.717, 1.165) is 0 Å². The maximum absolute atomic E-state index is 11.2. The van der Waals surface area contributed by atoms with Gasteiger partial charge >= 0.3 is 11.9 Å². The molecule has 0 aliphatic carbocycles. The first-order valence-corrected chi connectivity index (χ1v) is 6.62. The molecule has 6 heteroatoms. The normalized spacial score (nSPS) is 13.9. The summed E-state index contributed by atoms with van der Waals surface area (Å²) >= 11 is 8.17. The molecule has 0 heterocycles. The largest absolute Gasteiger partial charge is 0.465 e. The number of rotatable bonds is 8. The lowest BCUT2D eigenvalue weighted by atomic mass is 10.2. The molecule has 0 aromatic heterocycles. The second kappa shape index (κ2) is 9.65. The van der Waals surface area contributed by atoms with E-state index >= 15 is 0 Å². The lowest BCUT2D eigenvalue weighted by Crippen LogP contribution is -2.14. The number of carbonyl (C=O) groups is 2. The molecule has 0 radical (unpaired) electrons. The van der Waals surface area contributed by atoms with Crippen molar-refractivity contribution in [3.63, 3.8) is 0 Å². The quantitative estimate of drug-likeness (QED) is 0.526. The van der Waals surface area contributed by atoms with Crippen molar-refractivity contribution in [3.05, 3.63) is 0 Å². The highest BCUT2D eigenvalue weighted by molar-refractivity contribution is 7.81. The van der Waals surface area contributed by atoms with Crippen LogP contribution < -0.4 is 0 Å². The standard InChI is InChI=1S/C11H20O4S2/c1-8(16)6-14-10(12)4-3-5-11(13)15-7-9(2)17/h8-9,16-17H,3-7H2,1-2H3. The summed E-state index contributed by atoms with van der Waals surface area (Å²) in [4.78, 5) is 22.3. The van der Waals surface area contributed by atoms with Crippen LogP contribution in [-0.4, -0.2) is 35.7 Å². The lowest BCUT2D eigenvalue weighted by Gasteiger charge is -2.07. The first-order valence-electron chi connectivity index (χ1n) is 5.59. The van der Waals surface area contributed by atoms with Crippen molar-refractivity contribution in [1.29, 1.82) is 0 Å². The summed E-state index contributed by atoms with van der Waals surface area (Å²) in [5, 5.41) is 0.0570. The summed E-state index contributed by atoms with van der Waals surface area (Å²) in [6, 6.07) is 0. The molecule has 2 unspecified atom stereocenters. The average Bonchev–Trinajstić information content (AvgIpc) is 2.23. The van der Waals surface area contributed by atoms with Gasteiger partial charge in [0.05, 0.1) is 0 Å². The van der Waals surface area contributed by atoms with Crippen molar-refractivity contribution in [3.8, 4) is 0 Å². The van der Waals surface area contributed by atoms with Gasteiger partial charge in [0.1, 0.15) is 13.2 Å². The van der Waals surface area contributed by atoms with Gasteiger partial charge in [-0.05, 0) is 6.42 Å². The highest BCUT2D eigenvalue weighted by Gasteiger charge is 2.08. The zero-order valence-electron chi connectivity index (χ0n) is 10.2. The molecule has 0 spiro atoms. The zero-order valence-corrected chi connectivity index (χ0v) is 12.0. The van der Waals surface area contributed by atoms with Crippen LogP contribution in [0.15, 0.2) is 0 Å². The summed E-state index contributed by atoms with van der Waals surface area (Å²) in [6.45, 7) is 4.27. The SMILES string of the molecule is CC(S)COC(=O)CCCC(=O)OCC(C)S. The van der Waals surface area contributed by atoms with Crippen LogP contribution in [0.3, 0.4) is 0 Å². The van der Waals surface area contributed by atoms with Crippen LogP contribution in [0.2, 0.25) is 0 Å². The smallest absolute Gasteiger partial charge is 0.305 e. The van der Waals surface area contributed by atoms with Gasteiger partial charge in [0, 0.05) is 23.3 Å². The Kier molecular flexibility index (Phi) is 9.44. The number of ether oxygens (including phenoxy) is 2. The van der Waals surface area contributed by atoms with Crippen molar-refractivity contribution in [2.75, 3.05) is 13.2 Å². The number of thiol groups is 2. The van der Waals surface area contributed by atoms with Crippen LogP contribution in [0.1, 0.15) is 33.1 Å². The number of carbonyl (C=O) groups excluding carboxylic acids is 2. The van der Waals surface area contributed by atoms with Crippen molar-refractivity contribution in [2.45, 2.75) is 43.6 Å². The summed E-state index contributed by atoms with van der Waals surface area (Å²) < 4.78 is 9.81. The van der Waals surface area contributed by atoms with Crippen LogP contribution in [0.25, 0.3) is 0 Å². The Morgan fingerprint density at radius 1 is 0.941 bits per heavy atom. The van der Waals surface area contributed by atoms with Gasteiger partial charge in [0.25, 0.3) is 0 Å². The average molecular weight is 280 g/mol. The van der Waals surface area contributed by atoms with Gasteiger partial charge in [0.15, 0.2) is 0 Å². The minimum absolute atomic E-state index is 0.0285. The molecule has 0 aliphatic rings. The number of hydrogen-bond acceptors (Lipinski definition) is 6. The highest BCUT2D eigenvalue weighted by Crippen LogP contribution is 2.03. The van der Waals surface area contributed by atoms with E-state index in [9.17, 15) is 9.59 Å². The van der Waals surface area contributed by atoms with Gasteiger partial charge in [-0.2, -0.15) is 25.3 Å². The molecule has 0 aliphatic heterocycles. The molecule has 0 aromatic carbocycles. The Morgan fingerprint density at radius 2 is 1.29 bits per heavy atom. The fourth-order valence-corrected chi connectivity index (χ4v) is 1.10. The molecule has 0 fully saturated rings. The van der Waals surface area contributed by atoms with Crippen molar-refractivity contribution >= 4 is 37.2 Å². The van der Waals surface area contributed by atoms with E-state index in [1.54, 1.807) is 0 Å². The molecule has 0 N–H and O–H groups in total. The minimum Gasteiger partial charge on any atom is -0.465 e. The topological polar surface area (TPSA) is 52.6 Å². The Morgan fingerprint density at radius 3 is 1.59 bits per heavy atom. The van der Waals surface area contributed by atoms with Crippen LogP contribution in [-0.2, 0) is 19.1 Å². The Bertz CT molecular complexity index is 218. The molecular formula is C11H20O4S2. The third-order valence-electron chi connectivity index (χ3n) is 1.73. The number of hydrogen-bond donors (Lipinski definition) is 2. The molecule has 0 bridgehead atoms. The van der Waals surface area contributed by atoms with E-state index in [1.807, 2.05) is 13.8 Å². The van der Waals surface area contributed by atoms with Gasteiger partial charge in [0.2, 0.25) is 0 Å². The fraction of sp³-hybridized carbons (Fsp3) is 0.818. The molecule has 17 heavy (non-hydrogen) atoms. The molecule has 2 atom stereocenters. The van der Waals surface area contributed by atoms with E-state index < -0.39 is 0 Å². The second-order valence-corrected chi connectivity index (χ2v) is 5.68. The van der Waals surface area contributed by atoms with Gasteiger partial charge < -0.3 is 9.47 Å². The first kappa shape index (κ1) is 16.6. The molecule has 0 saturated heterocycles. The Balaban J connectivity index is 3.49. The summed E-state index contributed by atoms with van der Waals surface area (Å²) in [5.41, 5.74) is 0. The Hall–Kier alpha value is -0.360. The predicted octanol–water partition coefficient (Wildman–Crippen LogP) is 1.88. The van der Waals surface area contributed by atoms with Crippen molar-refractivity contribution in [2.24, 2.45) is 0 Å². The van der Waals surface area contributed by atoms with Crippen LogP contribution in [0, 0.1) is 0 Å². The predicted molar refractivity (Wildman–Crippen MR) is 72.7 cm³/mol. The third kappa shape index (κ3) is 11.9. The highest BCUT2D eigenvalue weighted by atomic mass is 32.1. The number of esters is 2. The fourth-order valence-electron chi connectivity index (χ4n) is 0.948. The van der Waals surface area contributed by atoms with Crippen molar-refractivity contribution in [1.82, 2.24) is 0 Å². The van der Waals surface area contributed by atoms with E-state index in [0.29, 0.717) is 19.6 Å². The zero-order chi connectivity index (χ0) is 13.3. The summed E-state index contributed by atoms with van der Waals surface area (Å²) in [6.07, 6.45) is 0.900. The van der Waals surface area contributed by atoms with E-state index in [4.69, 9.17) is 9.47 Å². The van der Waals surface area contributed by atoms with Gasteiger partial charge in [-0.1, -0.05) is 13.8 Å². The van der Waals surface area contributed by atoms with E-state index in [2.05, 4.69) is 25.3 Å². The summed E-state index contributed by atoms with van der Waals surface area (Å²) in [7, 11) is 0. The van der Waals surface area contributed by atoms with E-state index in [1.165, 1.54) is 0 Å². The van der Waals surface area contributed by atoms with Gasteiger partial charge in [-0.15, -0.1) is 0 Å². The van der Waals surface area contributed by atoms with Crippen LogP contribution in [0.5, 0.6) is 0 Å². The maximum Gasteiger partial charge on any atom is 0.305 e. The monoisotopic (exact) mass is 280 g/mol. The molecule has 100 valence electrons. The first-order chi connectivity index (χ1) is 7.91. The maximum atomic E-state index is 11.2. The molecule has 0 saturated carbocycles. The molecule has 0 amide bonds. The van der Waals surface area contributed by atoms with Gasteiger partial charge in [-0.25, -0.2) is 0 Å². The second-order valence-electron chi connectivity index (χ2n) is 3.92. The van der Waals surface area contributed by atoms with Crippen molar-refractivity contribution < 1.29 is 19.1 Å².